The van der Waals surface area contributed by atoms with Crippen LogP contribution in [0.3, 0.4) is 0 Å². The molecule has 4 rings (SSSR count). The lowest BCUT2D eigenvalue weighted by molar-refractivity contribution is -0.127. The SMILES string of the molecule is O=C(C[S@@](=O)Cc1nnnn1-c1ccccc1)N1CCC(c2ccccc2)=N1. The van der Waals surface area contributed by atoms with Crippen LogP contribution in [0.2, 0.25) is 0 Å². The Hall–Kier alpha value is -3.20. The van der Waals surface area contributed by atoms with Crippen molar-refractivity contribution in [2.75, 3.05) is 12.3 Å². The molecule has 0 radical (unpaired) electrons. The van der Waals surface area contributed by atoms with Gasteiger partial charge in [-0.25, -0.2) is 5.01 Å². The normalized spacial score (nSPS) is 14.7. The Morgan fingerprint density at radius 3 is 2.50 bits per heavy atom. The van der Waals surface area contributed by atoms with Crippen molar-refractivity contribution in [2.45, 2.75) is 12.2 Å². The number of hydrogen-bond acceptors (Lipinski definition) is 6. The molecule has 1 atom stereocenters. The molecular weight excluding hydrogens is 376 g/mol. The zero-order chi connectivity index (χ0) is 19.3. The maximum atomic E-state index is 12.5. The van der Waals surface area contributed by atoms with Gasteiger partial charge in [-0.3, -0.25) is 9.00 Å². The molecule has 3 aromatic rings. The molecule has 0 saturated heterocycles. The lowest BCUT2D eigenvalue weighted by atomic mass is 10.1. The number of tetrazole rings is 1. The lowest BCUT2D eigenvalue weighted by Crippen LogP contribution is -2.29. The Bertz CT molecular complexity index is 1020. The van der Waals surface area contributed by atoms with Crippen LogP contribution in [0.1, 0.15) is 17.8 Å². The smallest absolute Gasteiger partial charge is 0.255 e. The number of rotatable bonds is 6. The number of nitrogens with zero attached hydrogens (tertiary/aromatic N) is 6. The van der Waals surface area contributed by atoms with E-state index in [-0.39, 0.29) is 17.4 Å². The molecule has 28 heavy (non-hydrogen) atoms. The Labute approximate surface area is 164 Å². The predicted molar refractivity (Wildman–Crippen MR) is 105 cm³/mol. The van der Waals surface area contributed by atoms with Crippen molar-refractivity contribution in [2.24, 2.45) is 5.10 Å². The second-order valence-corrected chi connectivity index (χ2v) is 7.71. The first-order valence-electron chi connectivity index (χ1n) is 8.81. The van der Waals surface area contributed by atoms with Gasteiger partial charge in [0.15, 0.2) is 5.82 Å². The third kappa shape index (κ3) is 4.04. The molecule has 2 heterocycles. The third-order valence-electron chi connectivity index (χ3n) is 4.31. The summed E-state index contributed by atoms with van der Waals surface area (Å²) in [5, 5.41) is 17.3. The Kier molecular flexibility index (Phi) is 5.34. The van der Waals surface area contributed by atoms with Gasteiger partial charge in [-0.05, 0) is 28.1 Å². The highest BCUT2D eigenvalue weighted by Crippen LogP contribution is 2.14. The Morgan fingerprint density at radius 2 is 1.75 bits per heavy atom. The van der Waals surface area contributed by atoms with Crippen LogP contribution in [0, 0.1) is 0 Å². The van der Waals surface area contributed by atoms with Crippen LogP contribution in [0.15, 0.2) is 65.8 Å². The molecule has 0 saturated carbocycles. The summed E-state index contributed by atoms with van der Waals surface area (Å²) >= 11 is 0. The van der Waals surface area contributed by atoms with Gasteiger partial charge >= 0.3 is 0 Å². The molecule has 1 amide bonds. The van der Waals surface area contributed by atoms with Crippen LogP contribution in [0.25, 0.3) is 5.69 Å². The van der Waals surface area contributed by atoms with E-state index in [4.69, 9.17) is 0 Å². The largest absolute Gasteiger partial charge is 0.272 e. The van der Waals surface area contributed by atoms with Crippen molar-refractivity contribution in [3.05, 3.63) is 72.1 Å². The molecule has 1 aromatic heterocycles. The molecule has 1 aliphatic heterocycles. The van der Waals surface area contributed by atoms with Crippen LogP contribution in [0.5, 0.6) is 0 Å². The van der Waals surface area contributed by atoms with Crippen LogP contribution in [-0.4, -0.2) is 53.3 Å². The van der Waals surface area contributed by atoms with E-state index in [0.717, 1.165) is 17.0 Å². The quantitative estimate of drug-likeness (QED) is 0.632. The minimum absolute atomic E-state index is 0.0940. The molecule has 1 aliphatic rings. The zero-order valence-corrected chi connectivity index (χ0v) is 15.8. The van der Waals surface area contributed by atoms with Crippen molar-refractivity contribution < 1.29 is 9.00 Å². The molecule has 0 unspecified atom stereocenters. The van der Waals surface area contributed by atoms with Gasteiger partial charge in [0.25, 0.3) is 5.91 Å². The van der Waals surface area contributed by atoms with Crippen LogP contribution in [0.4, 0.5) is 0 Å². The maximum Gasteiger partial charge on any atom is 0.255 e. The van der Waals surface area contributed by atoms with Crippen LogP contribution >= 0.6 is 0 Å². The third-order valence-corrected chi connectivity index (χ3v) is 5.46. The average Bonchev–Trinajstić information content (AvgIpc) is 3.39. The predicted octanol–water partition coefficient (Wildman–Crippen LogP) is 1.55. The molecule has 0 bridgehead atoms. The summed E-state index contributed by atoms with van der Waals surface area (Å²) in [7, 11) is -1.44. The minimum Gasteiger partial charge on any atom is -0.272 e. The first-order chi connectivity index (χ1) is 13.7. The number of carbonyl (C=O) groups excluding carboxylic acids is 1. The van der Waals surface area contributed by atoms with Crippen molar-refractivity contribution in [1.29, 1.82) is 0 Å². The van der Waals surface area contributed by atoms with Crippen molar-refractivity contribution in [1.82, 2.24) is 25.2 Å². The number of hydrogen-bond donors (Lipinski definition) is 0. The number of amides is 1. The van der Waals surface area contributed by atoms with Crippen molar-refractivity contribution >= 4 is 22.4 Å². The minimum atomic E-state index is -1.44. The molecule has 0 N–H and O–H groups in total. The summed E-state index contributed by atoms with van der Waals surface area (Å²) in [5.74, 6) is 0.166. The Balaban J connectivity index is 1.39. The molecule has 0 fully saturated rings. The summed E-state index contributed by atoms with van der Waals surface area (Å²) < 4.78 is 14.1. The zero-order valence-electron chi connectivity index (χ0n) is 15.0. The van der Waals surface area contributed by atoms with Gasteiger partial charge in [0.2, 0.25) is 0 Å². The summed E-state index contributed by atoms with van der Waals surface area (Å²) in [4.78, 5) is 12.5. The summed E-state index contributed by atoms with van der Waals surface area (Å²) in [6.07, 6.45) is 0.689. The highest BCUT2D eigenvalue weighted by molar-refractivity contribution is 7.84. The first kappa shape index (κ1) is 18.2. The second-order valence-electron chi connectivity index (χ2n) is 6.25. The fourth-order valence-electron chi connectivity index (χ4n) is 2.94. The molecule has 2 aromatic carbocycles. The van der Waals surface area contributed by atoms with E-state index in [9.17, 15) is 9.00 Å². The fourth-order valence-corrected chi connectivity index (χ4v) is 3.94. The average molecular weight is 394 g/mol. The highest BCUT2D eigenvalue weighted by Gasteiger charge is 2.23. The van der Waals surface area contributed by atoms with E-state index >= 15 is 0 Å². The van der Waals surface area contributed by atoms with Crippen LogP contribution in [-0.2, 0) is 21.3 Å². The van der Waals surface area contributed by atoms with Gasteiger partial charge in [-0.1, -0.05) is 48.5 Å². The van der Waals surface area contributed by atoms with E-state index in [0.29, 0.717) is 18.8 Å². The number of para-hydroxylation sites is 1. The standard InChI is InChI=1S/C19H18N6O2S/c26-19(24-12-11-17(21-24)15-7-3-1-4-8-15)14-28(27)13-18-20-22-23-25(18)16-9-5-2-6-10-16/h1-10H,11-14H2/t28-/m0/s1. The number of hydrazone groups is 1. The molecule has 142 valence electrons. The van der Waals surface area contributed by atoms with E-state index in [1.165, 1.54) is 9.69 Å². The van der Waals surface area contributed by atoms with E-state index < -0.39 is 10.8 Å². The van der Waals surface area contributed by atoms with Gasteiger partial charge in [0, 0.05) is 17.2 Å². The van der Waals surface area contributed by atoms with Crippen molar-refractivity contribution in [3.8, 4) is 5.69 Å². The molecule has 9 heteroatoms. The number of aromatic nitrogens is 4. The maximum absolute atomic E-state index is 12.5. The van der Waals surface area contributed by atoms with Gasteiger partial charge < -0.3 is 0 Å². The summed E-state index contributed by atoms with van der Waals surface area (Å²) in [5.41, 5.74) is 2.65. The van der Waals surface area contributed by atoms with Crippen molar-refractivity contribution in [3.63, 3.8) is 0 Å². The van der Waals surface area contributed by atoms with Crippen LogP contribution < -0.4 is 0 Å². The number of benzene rings is 2. The van der Waals surface area contributed by atoms with E-state index in [2.05, 4.69) is 20.6 Å². The van der Waals surface area contributed by atoms with Gasteiger partial charge in [-0.2, -0.15) is 9.78 Å². The summed E-state index contributed by atoms with van der Waals surface area (Å²) in [6, 6.07) is 19.1. The van der Waals surface area contributed by atoms with Gasteiger partial charge in [-0.15, -0.1) is 5.10 Å². The van der Waals surface area contributed by atoms with Gasteiger partial charge in [0.1, 0.15) is 5.75 Å². The topological polar surface area (TPSA) is 93.3 Å². The fraction of sp³-hybridized carbons (Fsp3) is 0.211. The van der Waals surface area contributed by atoms with E-state index in [1.54, 1.807) is 0 Å². The molecule has 0 aliphatic carbocycles. The number of carbonyl (C=O) groups is 1. The lowest BCUT2D eigenvalue weighted by Gasteiger charge is -2.11. The second kappa shape index (κ2) is 8.22. The molecule has 0 spiro atoms. The summed E-state index contributed by atoms with van der Waals surface area (Å²) in [6.45, 7) is 0.502. The highest BCUT2D eigenvalue weighted by atomic mass is 32.2. The van der Waals surface area contributed by atoms with E-state index in [1.807, 2.05) is 60.7 Å². The monoisotopic (exact) mass is 394 g/mol. The Morgan fingerprint density at radius 1 is 1.04 bits per heavy atom. The van der Waals surface area contributed by atoms with Gasteiger partial charge in [0.05, 0.1) is 23.7 Å². The first-order valence-corrected chi connectivity index (χ1v) is 10.3. The molecular formula is C19H18N6O2S. The molecule has 8 nitrogen and oxygen atoms in total.